The number of amides is 3. The van der Waals surface area contributed by atoms with Crippen molar-refractivity contribution in [1.29, 1.82) is 0 Å². The first-order chi connectivity index (χ1) is 28.3. The number of carbonyl (C=O) groups excluding carboxylic acids is 9. The highest BCUT2D eigenvalue weighted by atomic mass is 33.1. The molecule has 0 aliphatic rings. The molecular weight excluding hydrogens is 881 g/mol. The summed E-state index contributed by atoms with van der Waals surface area (Å²) in [6.07, 6.45) is -4.58. The summed E-state index contributed by atoms with van der Waals surface area (Å²) in [4.78, 5) is 135. The number of carboxylic acids is 3. The van der Waals surface area contributed by atoms with E-state index in [1.54, 1.807) is 0 Å². The lowest BCUT2D eigenvalue weighted by Gasteiger charge is -2.19. The lowest BCUT2D eigenvalue weighted by atomic mass is 10.0. The van der Waals surface area contributed by atoms with Crippen LogP contribution in [-0.4, -0.2) is 148 Å². The third kappa shape index (κ3) is 34.5. The Morgan fingerprint density at radius 1 is 0.590 bits per heavy atom. The molecule has 0 saturated carbocycles. The van der Waals surface area contributed by atoms with Gasteiger partial charge >= 0.3 is 17.9 Å². The largest absolute Gasteiger partial charge is 0.481 e. The number of rotatable bonds is 36. The van der Waals surface area contributed by atoms with E-state index in [0.29, 0.717) is 0 Å². The van der Waals surface area contributed by atoms with Gasteiger partial charge in [0.05, 0.1) is 30.8 Å². The van der Waals surface area contributed by atoms with Crippen molar-refractivity contribution in [3.63, 3.8) is 0 Å². The molecule has 25 nitrogen and oxygen atoms in total. The van der Waals surface area contributed by atoms with Gasteiger partial charge in [0.2, 0.25) is 17.7 Å². The Morgan fingerprint density at radius 3 is 1.41 bits per heavy atom. The van der Waals surface area contributed by atoms with Crippen molar-refractivity contribution < 1.29 is 92.5 Å². The van der Waals surface area contributed by atoms with Gasteiger partial charge in [-0.3, -0.25) is 74.7 Å². The summed E-state index contributed by atoms with van der Waals surface area (Å²) in [5, 5.41) is 33.3. The van der Waals surface area contributed by atoms with Gasteiger partial charge in [0.25, 0.3) is 19.4 Å². The minimum atomic E-state index is -1.28. The molecule has 0 spiro atoms. The van der Waals surface area contributed by atoms with Crippen LogP contribution in [0.25, 0.3) is 0 Å². The quantitative estimate of drug-likeness (QED) is 0.00738. The molecule has 0 bridgehead atoms. The van der Waals surface area contributed by atoms with E-state index in [0.717, 1.165) is 21.6 Å². The maximum atomic E-state index is 12.5. The average molecular weight is 935 g/mol. The van der Waals surface area contributed by atoms with Gasteiger partial charge in [-0.05, 0) is 0 Å². The zero-order valence-electron chi connectivity index (χ0n) is 32.8. The molecule has 0 saturated heterocycles. The summed E-state index contributed by atoms with van der Waals surface area (Å²) < 4.78 is 13.4. The maximum Gasteiger partial charge on any atom is 0.322 e. The van der Waals surface area contributed by atoms with Crippen LogP contribution >= 0.6 is 34.2 Å². The molecule has 14 N–H and O–H groups in total. The fraction of sp³-hybridized carbons (Fsp3) is 0.636. The van der Waals surface area contributed by atoms with E-state index < -0.39 is 96.8 Å². The third-order valence-corrected chi connectivity index (χ3v) is 10.2. The van der Waals surface area contributed by atoms with Crippen molar-refractivity contribution in [3.05, 3.63) is 0 Å². The summed E-state index contributed by atoms with van der Waals surface area (Å²) in [5.41, 5.74) is 16.3. The van der Waals surface area contributed by atoms with Crippen LogP contribution in [0.2, 0.25) is 0 Å². The molecule has 0 rings (SSSR count). The molecule has 0 heterocycles. The molecule has 28 heteroatoms. The fourth-order valence-electron chi connectivity index (χ4n) is 4.21. The molecule has 61 heavy (non-hydrogen) atoms. The first-order valence-electron chi connectivity index (χ1n) is 17.8. The summed E-state index contributed by atoms with van der Waals surface area (Å²) in [6, 6.07) is -1.92. The molecular formula is C33H54N6O19S3. The van der Waals surface area contributed by atoms with Crippen molar-refractivity contribution in [2.45, 2.75) is 101 Å². The normalized spacial score (nSPS) is 13.2. The number of Topliss-reactive ketones (excluding diaryl/α,β-unsaturated/α-hetero) is 3. The predicted molar refractivity (Wildman–Crippen MR) is 217 cm³/mol. The lowest BCUT2D eigenvalue weighted by molar-refractivity contribution is -0.139. The monoisotopic (exact) mass is 934 g/mol. The SMILES string of the molecule is N[C@@H](CCC(=O)CC(CSSC[C@H](NC(=O)CC[C@H](N)OC=O)C(=O)CCC(=O)O)C(=O)NCC(=O)O)OC=O.N[C@@H](CCC(=O)N[C@@H](CS)C(=O)CCC(=O)O)OC=O.O. The van der Waals surface area contributed by atoms with Crippen LogP contribution in [0.3, 0.4) is 0 Å². The maximum absolute atomic E-state index is 12.5. The van der Waals surface area contributed by atoms with Crippen LogP contribution in [0.5, 0.6) is 0 Å². The number of nitrogens with one attached hydrogen (secondary N) is 3. The Hall–Kier alpha value is -4.87. The number of carboxylic acid groups (broad SMARTS) is 3. The second-order valence-corrected chi connectivity index (χ2v) is 15.1. The summed E-state index contributed by atoms with van der Waals surface area (Å²) in [6.45, 7) is -0.194. The van der Waals surface area contributed by atoms with E-state index in [2.05, 4.69) is 42.8 Å². The van der Waals surface area contributed by atoms with Gasteiger partial charge in [0.1, 0.15) is 12.3 Å². The molecule has 6 atom stereocenters. The van der Waals surface area contributed by atoms with Crippen LogP contribution in [0.1, 0.15) is 70.6 Å². The van der Waals surface area contributed by atoms with Crippen LogP contribution in [0.4, 0.5) is 0 Å². The van der Waals surface area contributed by atoms with Crippen molar-refractivity contribution in [3.8, 4) is 0 Å². The molecule has 1 unspecified atom stereocenters. The molecule has 0 aromatic heterocycles. The number of aliphatic carboxylic acids is 3. The molecule has 3 amide bonds. The van der Waals surface area contributed by atoms with Crippen LogP contribution in [-0.2, 0) is 71.7 Å². The zero-order valence-corrected chi connectivity index (χ0v) is 35.3. The van der Waals surface area contributed by atoms with Gasteiger partial charge in [-0.2, -0.15) is 12.6 Å². The molecule has 348 valence electrons. The van der Waals surface area contributed by atoms with E-state index in [-0.39, 0.29) is 112 Å². The Balaban J connectivity index is -0.00000135. The van der Waals surface area contributed by atoms with Crippen molar-refractivity contribution >= 4 is 107 Å². The van der Waals surface area contributed by atoms with E-state index in [1.807, 2.05) is 0 Å². The number of hydrogen-bond acceptors (Lipinski definition) is 21. The topological polar surface area (TPSA) is 439 Å². The number of ether oxygens (including phenoxy) is 3. The van der Waals surface area contributed by atoms with Crippen molar-refractivity contribution in [1.82, 2.24) is 16.0 Å². The van der Waals surface area contributed by atoms with Crippen LogP contribution in [0.15, 0.2) is 0 Å². The van der Waals surface area contributed by atoms with E-state index in [4.69, 9.17) is 32.5 Å². The summed E-state index contributed by atoms with van der Waals surface area (Å²) >= 11 is 3.94. The van der Waals surface area contributed by atoms with Crippen LogP contribution < -0.4 is 33.2 Å². The average Bonchev–Trinajstić information content (AvgIpc) is 3.18. The Kier molecular flexibility index (Phi) is 36.6. The number of ketones is 3. The Morgan fingerprint density at radius 2 is 1.00 bits per heavy atom. The standard InChI is InChI=1S/C22H34N4O12S2.C11H18N2O6S.H2O/c23-17(37-11-27)3-1-14(29)7-13(22(36)25-8-21(34)35)9-39-40-10-15(16(30)2-6-20(32)33)26-19(31)5-4-18(24)38-12-28;12-9(19-6-14)2-3-10(16)13-7(5-20)8(15)1-4-11(17)18;/h11-13,15,17-18H,1-10,23-24H2,(H,25,36)(H,26,31)(H,32,33)(H,34,35);6-7,9,20H,1-5,12H2,(H,13,16)(H,17,18);1H2/t13?,15-,17+,18+;7-,9+;/m00./s1. The highest BCUT2D eigenvalue weighted by Gasteiger charge is 2.26. The highest BCUT2D eigenvalue weighted by molar-refractivity contribution is 8.76. The highest BCUT2D eigenvalue weighted by Crippen LogP contribution is 2.27. The van der Waals surface area contributed by atoms with E-state index >= 15 is 0 Å². The smallest absolute Gasteiger partial charge is 0.322 e. The number of nitrogens with two attached hydrogens (primary N) is 3. The molecule has 0 aromatic carbocycles. The predicted octanol–water partition coefficient (Wildman–Crippen LogP) is -3.21. The molecule has 0 aliphatic carbocycles. The molecule has 0 aliphatic heterocycles. The van der Waals surface area contributed by atoms with Gasteiger partial charge in [-0.1, -0.05) is 21.6 Å². The van der Waals surface area contributed by atoms with Crippen molar-refractivity contribution in [2.75, 3.05) is 23.8 Å². The minimum absolute atomic E-state index is 0. The third-order valence-electron chi connectivity index (χ3n) is 7.36. The second kappa shape index (κ2) is 36.9. The number of carbonyl (C=O) groups is 12. The van der Waals surface area contributed by atoms with E-state index in [9.17, 15) is 57.5 Å². The Bertz CT molecular complexity index is 1380. The molecule has 0 radical (unpaired) electrons. The van der Waals surface area contributed by atoms with E-state index in [1.165, 1.54) is 0 Å². The minimum Gasteiger partial charge on any atom is -0.481 e. The van der Waals surface area contributed by atoms with Gasteiger partial charge in [-0.15, -0.1) is 0 Å². The van der Waals surface area contributed by atoms with Gasteiger partial charge in [-0.25, -0.2) is 0 Å². The first kappa shape index (κ1) is 60.4. The summed E-state index contributed by atoms with van der Waals surface area (Å²) in [7, 11) is 2.15. The lowest BCUT2D eigenvalue weighted by Crippen LogP contribution is -2.43. The fourth-order valence-corrected chi connectivity index (χ4v) is 7.02. The summed E-state index contributed by atoms with van der Waals surface area (Å²) in [5.74, 6) is -7.46. The number of thiol groups is 1. The Labute approximate surface area is 362 Å². The zero-order chi connectivity index (χ0) is 46.0. The van der Waals surface area contributed by atoms with Crippen LogP contribution in [0, 0.1) is 5.92 Å². The van der Waals surface area contributed by atoms with Crippen molar-refractivity contribution in [2.24, 2.45) is 23.1 Å². The first-order valence-corrected chi connectivity index (χ1v) is 20.9. The molecule has 0 fully saturated rings. The molecule has 0 aromatic rings. The number of hydrogen-bond donors (Lipinski definition) is 10. The van der Waals surface area contributed by atoms with Gasteiger partial charge in [0, 0.05) is 75.0 Å². The second-order valence-electron chi connectivity index (χ2n) is 12.2. The van der Waals surface area contributed by atoms with Gasteiger partial charge in [0.15, 0.2) is 30.3 Å². The van der Waals surface area contributed by atoms with Gasteiger partial charge < -0.3 is 51.0 Å².